The molecule has 0 atom stereocenters. The van der Waals surface area contributed by atoms with Crippen molar-refractivity contribution >= 4 is 11.6 Å². The van der Waals surface area contributed by atoms with E-state index in [1.807, 2.05) is 13.8 Å². The molecule has 0 spiro atoms. The number of ether oxygens (including phenoxy) is 3. The lowest BCUT2D eigenvalue weighted by atomic mass is 10.2. The minimum Gasteiger partial charge on any atom is -0.489 e. The van der Waals surface area contributed by atoms with Gasteiger partial charge in [0.2, 0.25) is 5.88 Å². The van der Waals surface area contributed by atoms with Crippen LogP contribution >= 0.6 is 0 Å². The quantitative estimate of drug-likeness (QED) is 0.552. The zero-order valence-corrected chi connectivity index (χ0v) is 16.6. The van der Waals surface area contributed by atoms with E-state index in [1.165, 1.54) is 6.20 Å². The van der Waals surface area contributed by atoms with E-state index in [0.29, 0.717) is 42.7 Å². The maximum Gasteiger partial charge on any atom is 0.255 e. The summed E-state index contributed by atoms with van der Waals surface area (Å²) in [6.07, 6.45) is 1.54. The Kier molecular flexibility index (Phi) is 6.80. The van der Waals surface area contributed by atoms with Crippen LogP contribution in [0.4, 0.5) is 5.69 Å². The van der Waals surface area contributed by atoms with E-state index in [-0.39, 0.29) is 5.91 Å². The topological polar surface area (TPSA) is 95.7 Å². The van der Waals surface area contributed by atoms with E-state index < -0.39 is 0 Å². The van der Waals surface area contributed by atoms with Crippen molar-refractivity contribution in [2.45, 2.75) is 20.5 Å². The van der Waals surface area contributed by atoms with Crippen molar-refractivity contribution in [2.75, 3.05) is 25.6 Å². The van der Waals surface area contributed by atoms with Crippen molar-refractivity contribution in [3.05, 3.63) is 65.2 Å². The summed E-state index contributed by atoms with van der Waals surface area (Å²) in [4.78, 5) is 16.7. The average Bonchev–Trinajstić information content (AvgIpc) is 3.05. The molecule has 1 aromatic carbocycles. The Bertz CT molecular complexity index is 934. The maximum atomic E-state index is 12.5. The largest absolute Gasteiger partial charge is 0.489 e. The smallest absolute Gasteiger partial charge is 0.255 e. The molecule has 0 radical (unpaired) electrons. The third-order valence-corrected chi connectivity index (χ3v) is 4.19. The molecule has 0 saturated heterocycles. The Labute approximate surface area is 168 Å². The number of amides is 1. The van der Waals surface area contributed by atoms with E-state index >= 15 is 0 Å². The molecule has 8 heteroatoms. The predicted molar refractivity (Wildman–Crippen MR) is 106 cm³/mol. The number of hydrogen-bond acceptors (Lipinski definition) is 7. The summed E-state index contributed by atoms with van der Waals surface area (Å²) in [6, 6.07) is 10.4. The van der Waals surface area contributed by atoms with Gasteiger partial charge in [-0.1, -0.05) is 11.2 Å². The summed E-state index contributed by atoms with van der Waals surface area (Å²) in [6.45, 7) is 4.91. The highest BCUT2D eigenvalue weighted by atomic mass is 16.5. The lowest BCUT2D eigenvalue weighted by Crippen LogP contribution is -2.12. The molecule has 29 heavy (non-hydrogen) atoms. The van der Waals surface area contributed by atoms with Gasteiger partial charge < -0.3 is 24.1 Å². The second-order valence-electron chi connectivity index (χ2n) is 6.30. The third kappa shape index (κ3) is 5.55. The van der Waals surface area contributed by atoms with Gasteiger partial charge in [-0.25, -0.2) is 4.98 Å². The van der Waals surface area contributed by atoms with Gasteiger partial charge in [0.25, 0.3) is 5.91 Å². The van der Waals surface area contributed by atoms with Crippen LogP contribution in [0.5, 0.6) is 11.6 Å². The van der Waals surface area contributed by atoms with Crippen LogP contribution in [0.25, 0.3) is 0 Å². The number of methoxy groups -OCH3 is 1. The Hall–Kier alpha value is -3.39. The van der Waals surface area contributed by atoms with Crippen LogP contribution in [-0.2, 0) is 11.3 Å². The standard InChI is InChI=1S/C21H23N3O5/c1-14-19(15(2)29-24-14)13-28-18-6-4-5-16(11-18)21(25)23-17-7-8-20(22-12-17)27-10-9-26-3/h4-8,11-12H,9-10,13H2,1-3H3,(H,23,25). The van der Waals surface area contributed by atoms with E-state index in [9.17, 15) is 4.79 Å². The van der Waals surface area contributed by atoms with Gasteiger partial charge in [0.1, 0.15) is 24.7 Å². The van der Waals surface area contributed by atoms with Gasteiger partial charge in [-0.3, -0.25) is 4.79 Å². The number of carbonyl (C=O) groups is 1. The zero-order chi connectivity index (χ0) is 20.6. The molecular weight excluding hydrogens is 374 g/mol. The van der Waals surface area contributed by atoms with Crippen LogP contribution in [0, 0.1) is 13.8 Å². The average molecular weight is 397 g/mol. The first kappa shape index (κ1) is 20.3. The van der Waals surface area contributed by atoms with E-state index in [0.717, 1.165) is 17.0 Å². The first-order valence-electron chi connectivity index (χ1n) is 9.10. The molecule has 8 nitrogen and oxygen atoms in total. The van der Waals surface area contributed by atoms with Crippen molar-refractivity contribution < 1.29 is 23.5 Å². The molecule has 0 aliphatic rings. The Morgan fingerprint density at radius 2 is 2.00 bits per heavy atom. The van der Waals surface area contributed by atoms with Gasteiger partial charge in [0.15, 0.2) is 0 Å². The molecule has 0 fully saturated rings. The van der Waals surface area contributed by atoms with Crippen molar-refractivity contribution in [1.29, 1.82) is 0 Å². The fourth-order valence-electron chi connectivity index (χ4n) is 2.56. The molecule has 0 aliphatic carbocycles. The first-order valence-corrected chi connectivity index (χ1v) is 9.10. The summed E-state index contributed by atoms with van der Waals surface area (Å²) in [7, 11) is 1.60. The molecular formula is C21H23N3O5. The number of aromatic nitrogens is 2. The van der Waals surface area contributed by atoms with E-state index in [2.05, 4.69) is 15.5 Å². The highest BCUT2D eigenvalue weighted by molar-refractivity contribution is 6.04. The van der Waals surface area contributed by atoms with Crippen molar-refractivity contribution in [3.8, 4) is 11.6 Å². The normalized spacial score (nSPS) is 10.6. The lowest BCUT2D eigenvalue weighted by molar-refractivity contribution is 0.102. The Balaban J connectivity index is 1.59. The zero-order valence-electron chi connectivity index (χ0n) is 16.6. The SMILES string of the molecule is COCCOc1ccc(NC(=O)c2cccc(OCc3c(C)noc3C)c2)cn1. The number of pyridine rings is 1. The number of nitrogens with one attached hydrogen (secondary N) is 1. The fourth-order valence-corrected chi connectivity index (χ4v) is 2.56. The minimum absolute atomic E-state index is 0.261. The molecule has 2 heterocycles. The molecule has 2 aromatic heterocycles. The van der Waals surface area contributed by atoms with Crippen LogP contribution in [0.3, 0.4) is 0 Å². The number of nitrogens with zero attached hydrogens (tertiary/aromatic N) is 2. The van der Waals surface area contributed by atoms with Gasteiger partial charge in [-0.15, -0.1) is 0 Å². The van der Waals surface area contributed by atoms with Gasteiger partial charge in [-0.05, 0) is 38.1 Å². The Morgan fingerprint density at radius 1 is 1.14 bits per heavy atom. The molecule has 0 bridgehead atoms. The second kappa shape index (κ2) is 9.70. The predicted octanol–water partition coefficient (Wildman–Crippen LogP) is 3.54. The van der Waals surface area contributed by atoms with Crippen molar-refractivity contribution in [3.63, 3.8) is 0 Å². The number of carbonyl (C=O) groups excluding carboxylic acids is 1. The minimum atomic E-state index is -0.261. The van der Waals surface area contributed by atoms with E-state index in [4.69, 9.17) is 18.7 Å². The summed E-state index contributed by atoms with van der Waals surface area (Å²) in [5, 5.41) is 6.71. The second-order valence-corrected chi connectivity index (χ2v) is 6.30. The van der Waals surface area contributed by atoms with Gasteiger partial charge in [0.05, 0.1) is 29.7 Å². The van der Waals surface area contributed by atoms with Crippen LogP contribution < -0.4 is 14.8 Å². The monoisotopic (exact) mass is 397 g/mol. The molecule has 1 N–H and O–H groups in total. The summed E-state index contributed by atoms with van der Waals surface area (Å²) < 4.78 is 21.3. The summed E-state index contributed by atoms with van der Waals surface area (Å²) in [5.74, 6) is 1.51. The number of anilines is 1. The van der Waals surface area contributed by atoms with Crippen LogP contribution in [0.2, 0.25) is 0 Å². The summed E-state index contributed by atoms with van der Waals surface area (Å²) in [5.41, 5.74) is 2.73. The highest BCUT2D eigenvalue weighted by Crippen LogP contribution is 2.19. The van der Waals surface area contributed by atoms with Crippen LogP contribution in [-0.4, -0.2) is 36.4 Å². The molecule has 0 saturated carbocycles. The lowest BCUT2D eigenvalue weighted by Gasteiger charge is -2.09. The van der Waals surface area contributed by atoms with E-state index in [1.54, 1.807) is 43.5 Å². The molecule has 3 aromatic rings. The molecule has 1 amide bonds. The molecule has 0 aliphatic heterocycles. The first-order chi connectivity index (χ1) is 14.1. The number of rotatable bonds is 9. The Morgan fingerprint density at radius 3 is 2.69 bits per heavy atom. The van der Waals surface area contributed by atoms with Crippen LogP contribution in [0.15, 0.2) is 47.1 Å². The van der Waals surface area contributed by atoms with Crippen molar-refractivity contribution in [2.24, 2.45) is 0 Å². The number of aryl methyl sites for hydroxylation is 2. The molecule has 0 unspecified atom stereocenters. The molecule has 152 valence electrons. The van der Waals surface area contributed by atoms with Crippen LogP contribution in [0.1, 0.15) is 27.4 Å². The van der Waals surface area contributed by atoms with Gasteiger partial charge >= 0.3 is 0 Å². The van der Waals surface area contributed by atoms with Gasteiger partial charge in [0, 0.05) is 18.7 Å². The third-order valence-electron chi connectivity index (χ3n) is 4.19. The van der Waals surface area contributed by atoms with Crippen molar-refractivity contribution in [1.82, 2.24) is 10.1 Å². The fraction of sp³-hybridized carbons (Fsp3) is 0.286. The molecule has 3 rings (SSSR count). The highest BCUT2D eigenvalue weighted by Gasteiger charge is 2.11. The number of hydrogen-bond donors (Lipinski definition) is 1. The van der Waals surface area contributed by atoms with Gasteiger partial charge in [-0.2, -0.15) is 0 Å². The number of benzene rings is 1. The maximum absolute atomic E-state index is 12.5. The summed E-state index contributed by atoms with van der Waals surface area (Å²) >= 11 is 0.